The molecule has 0 saturated carbocycles. The van der Waals surface area contributed by atoms with Crippen LogP contribution in [0.3, 0.4) is 0 Å². The van der Waals surface area contributed by atoms with Gasteiger partial charge in [-0.15, -0.1) is 11.6 Å². The summed E-state index contributed by atoms with van der Waals surface area (Å²) in [6.45, 7) is 0.0627. The van der Waals surface area contributed by atoms with Crippen LogP contribution in [0.25, 0.3) is 0 Å². The zero-order chi connectivity index (χ0) is 21.0. The molecule has 3 amide bonds. The highest BCUT2D eigenvalue weighted by molar-refractivity contribution is 6.20. The number of piperidine rings is 1. The van der Waals surface area contributed by atoms with E-state index >= 15 is 0 Å². The van der Waals surface area contributed by atoms with Gasteiger partial charge in [0.15, 0.2) is 0 Å². The Morgan fingerprint density at radius 2 is 1.89 bits per heavy atom. The summed E-state index contributed by atoms with van der Waals surface area (Å²) in [6.07, 6.45) is -0.296. The zero-order valence-corrected chi connectivity index (χ0v) is 15.8. The molecule has 1 aliphatic rings. The Balaban J connectivity index is 2.24. The molecule has 1 aliphatic heterocycles. The molecule has 0 bridgehead atoms. The number of carbonyl (C=O) groups excluding carboxylic acids is 2. The van der Waals surface area contributed by atoms with Gasteiger partial charge < -0.3 is 20.7 Å². The Kier molecular flexibility index (Phi) is 7.34. The molecule has 1 fully saturated rings. The van der Waals surface area contributed by atoms with Gasteiger partial charge in [0, 0.05) is 42.6 Å². The second-order valence-corrected chi connectivity index (χ2v) is 7.17. The zero-order valence-electron chi connectivity index (χ0n) is 15.1. The lowest BCUT2D eigenvalue weighted by molar-refractivity contribution is -0.123. The van der Waals surface area contributed by atoms with Crippen LogP contribution in [0.1, 0.15) is 31.7 Å². The van der Waals surface area contributed by atoms with Crippen LogP contribution in [0.4, 0.5) is 22.4 Å². The minimum Gasteiger partial charge on any atom is -0.435 e. The van der Waals surface area contributed by atoms with E-state index in [1.165, 1.54) is 0 Å². The first-order valence-electron chi connectivity index (χ1n) is 8.50. The molecule has 0 aromatic heterocycles. The van der Waals surface area contributed by atoms with Crippen LogP contribution in [0, 0.1) is 11.6 Å². The minimum atomic E-state index is -3.24. The van der Waals surface area contributed by atoms with Crippen molar-refractivity contribution in [2.75, 3.05) is 6.54 Å². The predicted molar refractivity (Wildman–Crippen MR) is 93.6 cm³/mol. The third-order valence-corrected chi connectivity index (χ3v) is 4.80. The van der Waals surface area contributed by atoms with Crippen molar-refractivity contribution in [1.82, 2.24) is 16.0 Å². The monoisotopic (exact) mass is 425 g/mol. The van der Waals surface area contributed by atoms with E-state index in [0.29, 0.717) is 12.1 Å². The van der Waals surface area contributed by atoms with Gasteiger partial charge in [0.05, 0.1) is 11.4 Å². The average Bonchev–Trinajstić information content (AvgIpc) is 2.55. The molecule has 28 heavy (non-hydrogen) atoms. The molecule has 1 heterocycles. The molecule has 2 rings (SSSR count). The summed E-state index contributed by atoms with van der Waals surface area (Å²) in [6, 6.07) is -0.597. The van der Waals surface area contributed by atoms with Crippen molar-refractivity contribution in [3.63, 3.8) is 0 Å². The Labute approximate surface area is 163 Å². The summed E-state index contributed by atoms with van der Waals surface area (Å²) in [5, 5.41) is 7.31. The lowest BCUT2D eigenvalue weighted by Crippen LogP contribution is -2.56. The van der Waals surface area contributed by atoms with Crippen LogP contribution in [0.15, 0.2) is 12.1 Å². The number of hydrogen-bond donors (Lipinski definition) is 3. The van der Waals surface area contributed by atoms with Gasteiger partial charge in [-0.25, -0.2) is 13.6 Å². The highest BCUT2D eigenvalue weighted by atomic mass is 35.5. The fraction of sp³-hybridized carbons (Fsp3) is 0.529. The normalized spacial score (nSPS) is 21.6. The van der Waals surface area contributed by atoms with Gasteiger partial charge in [-0.1, -0.05) is 0 Å². The second-order valence-electron chi connectivity index (χ2n) is 6.48. The quantitative estimate of drug-likeness (QED) is 0.484. The standard InChI is InChI=1S/C17H20ClF4N3O3/c1-7(18)8(2)24-17(27)25-13-6-23-14(26)5-10(13)15-11(19)3-9(4-12(15)20)28-16(21)22/h3-4,7-8,10,13,16H,5-6H2,1-2H3,(H,23,26)(H2,24,25,27)/t7-,8?,10?,13?/m0/s1. The average molecular weight is 426 g/mol. The number of amides is 3. The molecule has 1 saturated heterocycles. The number of nitrogens with one attached hydrogen (secondary N) is 3. The third-order valence-electron chi connectivity index (χ3n) is 4.42. The summed E-state index contributed by atoms with van der Waals surface area (Å²) in [7, 11) is 0. The molecule has 1 aromatic rings. The fourth-order valence-electron chi connectivity index (χ4n) is 2.85. The molecule has 0 aliphatic carbocycles. The summed E-state index contributed by atoms with van der Waals surface area (Å²) in [5.41, 5.74) is -0.486. The van der Waals surface area contributed by atoms with Crippen molar-refractivity contribution >= 4 is 23.5 Å². The summed E-state index contributed by atoms with van der Waals surface area (Å²) in [5.74, 6) is -4.47. The van der Waals surface area contributed by atoms with Crippen molar-refractivity contribution < 1.29 is 31.9 Å². The van der Waals surface area contributed by atoms with Crippen molar-refractivity contribution in [3.8, 4) is 5.75 Å². The van der Waals surface area contributed by atoms with Crippen molar-refractivity contribution in [3.05, 3.63) is 29.3 Å². The van der Waals surface area contributed by atoms with Gasteiger partial charge >= 0.3 is 12.6 Å². The molecular formula is C17H20ClF4N3O3. The number of alkyl halides is 3. The van der Waals surface area contributed by atoms with Crippen LogP contribution < -0.4 is 20.7 Å². The van der Waals surface area contributed by atoms with Gasteiger partial charge in [0.2, 0.25) is 5.91 Å². The van der Waals surface area contributed by atoms with Gasteiger partial charge in [0.1, 0.15) is 17.4 Å². The van der Waals surface area contributed by atoms with E-state index < -0.39 is 53.5 Å². The van der Waals surface area contributed by atoms with Crippen LogP contribution in [0.2, 0.25) is 0 Å². The maximum Gasteiger partial charge on any atom is 0.387 e. The first-order chi connectivity index (χ1) is 13.1. The molecular weight excluding hydrogens is 406 g/mol. The second kappa shape index (κ2) is 9.31. The Bertz CT molecular complexity index is 713. The van der Waals surface area contributed by atoms with E-state index in [-0.39, 0.29) is 24.4 Å². The number of ether oxygens (including phenoxy) is 1. The first-order valence-corrected chi connectivity index (χ1v) is 8.93. The summed E-state index contributed by atoms with van der Waals surface area (Å²) in [4.78, 5) is 23.9. The smallest absolute Gasteiger partial charge is 0.387 e. The van der Waals surface area contributed by atoms with Crippen molar-refractivity contribution in [1.29, 1.82) is 0 Å². The van der Waals surface area contributed by atoms with Gasteiger partial charge in [0.25, 0.3) is 0 Å². The third kappa shape index (κ3) is 5.63. The Morgan fingerprint density at radius 3 is 2.43 bits per heavy atom. The lowest BCUT2D eigenvalue weighted by Gasteiger charge is -2.33. The topological polar surface area (TPSA) is 79.5 Å². The predicted octanol–water partition coefficient (Wildman–Crippen LogP) is 2.85. The minimum absolute atomic E-state index is 0.0596. The van der Waals surface area contributed by atoms with E-state index in [4.69, 9.17) is 11.6 Å². The van der Waals surface area contributed by atoms with E-state index in [2.05, 4.69) is 20.7 Å². The van der Waals surface area contributed by atoms with Crippen molar-refractivity contribution in [2.24, 2.45) is 0 Å². The van der Waals surface area contributed by atoms with Crippen LogP contribution >= 0.6 is 11.6 Å². The van der Waals surface area contributed by atoms with E-state index in [0.717, 1.165) is 0 Å². The number of hydrogen-bond acceptors (Lipinski definition) is 3. The fourth-order valence-corrected chi connectivity index (χ4v) is 2.92. The summed E-state index contributed by atoms with van der Waals surface area (Å²) < 4.78 is 57.5. The molecule has 1 aromatic carbocycles. The molecule has 3 unspecified atom stereocenters. The SMILES string of the molecule is CC(NC(=O)NC1CNC(=O)CC1c1c(F)cc(OC(F)F)cc1F)[C@H](C)Cl. The first kappa shape index (κ1) is 22.1. The Hall–Kier alpha value is -2.23. The number of rotatable bonds is 6. The van der Waals surface area contributed by atoms with Crippen LogP contribution in [-0.4, -0.2) is 42.6 Å². The summed E-state index contributed by atoms with van der Waals surface area (Å²) >= 11 is 5.89. The van der Waals surface area contributed by atoms with Gasteiger partial charge in [-0.3, -0.25) is 4.79 Å². The molecule has 11 heteroatoms. The molecule has 4 atom stereocenters. The highest BCUT2D eigenvalue weighted by Crippen LogP contribution is 2.33. The number of benzene rings is 1. The maximum absolute atomic E-state index is 14.5. The molecule has 0 spiro atoms. The number of urea groups is 1. The van der Waals surface area contributed by atoms with E-state index in [1.54, 1.807) is 13.8 Å². The maximum atomic E-state index is 14.5. The number of halogens is 5. The van der Waals surface area contributed by atoms with Gasteiger partial charge in [-0.05, 0) is 13.8 Å². The lowest BCUT2D eigenvalue weighted by atomic mass is 9.85. The molecule has 0 radical (unpaired) electrons. The van der Waals surface area contributed by atoms with Crippen LogP contribution in [0.5, 0.6) is 5.75 Å². The number of carbonyl (C=O) groups is 2. The van der Waals surface area contributed by atoms with E-state index in [9.17, 15) is 27.2 Å². The molecule has 156 valence electrons. The van der Waals surface area contributed by atoms with Crippen molar-refractivity contribution in [2.45, 2.75) is 50.3 Å². The largest absolute Gasteiger partial charge is 0.435 e. The highest BCUT2D eigenvalue weighted by Gasteiger charge is 2.35. The molecule has 3 N–H and O–H groups in total. The van der Waals surface area contributed by atoms with Crippen LogP contribution in [-0.2, 0) is 4.79 Å². The molecule has 6 nitrogen and oxygen atoms in total. The van der Waals surface area contributed by atoms with E-state index in [1.807, 2.05) is 0 Å². The van der Waals surface area contributed by atoms with Gasteiger partial charge in [-0.2, -0.15) is 8.78 Å². The Morgan fingerprint density at radius 1 is 1.29 bits per heavy atom.